The minimum absolute atomic E-state index is 0.01000. The molecule has 2 aromatic heterocycles. The number of aliphatic hydroxyl groups excluding tert-OH is 1. The van der Waals surface area contributed by atoms with Crippen molar-refractivity contribution in [1.29, 1.82) is 0 Å². The van der Waals surface area contributed by atoms with Crippen molar-refractivity contribution in [1.82, 2.24) is 0 Å². The molecule has 0 aliphatic carbocycles. The lowest BCUT2D eigenvalue weighted by molar-refractivity contribution is -0.135. The normalized spacial score (nSPS) is 15.6. The average Bonchev–Trinajstić information content (AvgIpc) is 3.16. The number of hydrogen-bond acceptors (Lipinski definition) is 13. The van der Waals surface area contributed by atoms with Gasteiger partial charge in [0.15, 0.2) is 22.7 Å². The molecule has 2 aliphatic rings. The van der Waals surface area contributed by atoms with E-state index >= 15 is 0 Å². The predicted molar refractivity (Wildman–Crippen MR) is 239 cm³/mol. The van der Waals surface area contributed by atoms with E-state index in [0.29, 0.717) is 51.8 Å². The van der Waals surface area contributed by atoms with E-state index in [1.165, 1.54) is 26.0 Å². The number of ether oxygens (including phenoxy) is 3. The van der Waals surface area contributed by atoms with Crippen molar-refractivity contribution in [2.75, 3.05) is 0 Å². The van der Waals surface area contributed by atoms with E-state index in [9.17, 15) is 39.3 Å². The van der Waals surface area contributed by atoms with Crippen LogP contribution in [0.25, 0.3) is 34.1 Å². The molecule has 3 atom stereocenters. The Morgan fingerprint density at radius 1 is 0.726 bits per heavy atom. The van der Waals surface area contributed by atoms with Crippen molar-refractivity contribution < 1.29 is 52.7 Å². The molecular weight excluding hydrogens is 797 g/mol. The first kappa shape index (κ1) is 48.7. The molecule has 13 nitrogen and oxygen atoms in total. The van der Waals surface area contributed by atoms with Crippen molar-refractivity contribution in [3.8, 4) is 23.0 Å². The number of aliphatic hydroxyl groups is 1. The number of aromatic hydroxyl groups is 2. The first-order chi connectivity index (χ1) is 28.9. The van der Waals surface area contributed by atoms with Crippen LogP contribution in [0.3, 0.4) is 0 Å². The van der Waals surface area contributed by atoms with Gasteiger partial charge in [0.1, 0.15) is 45.3 Å². The van der Waals surface area contributed by atoms with Crippen LogP contribution in [0.5, 0.6) is 23.0 Å². The second-order valence-electron chi connectivity index (χ2n) is 17.2. The number of phenols is 2. The molecule has 0 spiro atoms. The molecule has 334 valence electrons. The van der Waals surface area contributed by atoms with Gasteiger partial charge >= 0.3 is 17.2 Å². The summed E-state index contributed by atoms with van der Waals surface area (Å²) in [5.41, 5.74) is 0.0721. The zero-order valence-corrected chi connectivity index (χ0v) is 37.8. The first-order valence-corrected chi connectivity index (χ1v) is 20.9. The summed E-state index contributed by atoms with van der Waals surface area (Å²) in [6.07, 6.45) is 10.2. The summed E-state index contributed by atoms with van der Waals surface area (Å²) in [6, 6.07) is 2.86. The van der Waals surface area contributed by atoms with Gasteiger partial charge in [-0.3, -0.25) is 14.4 Å². The van der Waals surface area contributed by atoms with Crippen molar-refractivity contribution >= 4 is 51.6 Å². The quantitative estimate of drug-likeness (QED) is 0.0558. The van der Waals surface area contributed by atoms with Crippen molar-refractivity contribution in [3.05, 3.63) is 91.3 Å². The molecule has 0 amide bonds. The number of benzene rings is 2. The molecule has 2 aromatic carbocycles. The maximum atomic E-state index is 13.2. The van der Waals surface area contributed by atoms with Gasteiger partial charge in [-0.15, -0.1) is 0 Å². The van der Waals surface area contributed by atoms with E-state index in [2.05, 4.69) is 11.3 Å². The van der Waals surface area contributed by atoms with Crippen LogP contribution in [0.2, 0.25) is 0 Å². The van der Waals surface area contributed by atoms with Crippen LogP contribution in [0.4, 0.5) is 0 Å². The fraction of sp³-hybridized carbons (Fsp3) is 0.449. The monoisotopic (exact) mass is 856 g/mol. The Labute approximate surface area is 361 Å². The summed E-state index contributed by atoms with van der Waals surface area (Å²) in [5, 5.41) is 32.9. The molecule has 4 aromatic rings. The Bertz CT molecular complexity index is 2390. The lowest BCUT2D eigenvalue weighted by Gasteiger charge is -2.30. The summed E-state index contributed by atoms with van der Waals surface area (Å²) in [4.78, 5) is 60.5. The third kappa shape index (κ3) is 10.4. The second kappa shape index (κ2) is 19.4. The molecule has 4 heterocycles. The molecule has 13 heteroatoms. The van der Waals surface area contributed by atoms with E-state index in [4.69, 9.17) is 18.3 Å². The highest BCUT2D eigenvalue weighted by atomic mass is 16.5. The number of ketones is 2. The Morgan fingerprint density at radius 2 is 1.11 bits per heavy atom. The van der Waals surface area contributed by atoms with E-state index in [0.717, 1.165) is 24.7 Å². The fourth-order valence-electron chi connectivity index (χ4n) is 7.07. The number of esters is 1. The number of Topliss-reactive ketones (excluding diaryl/α,β-unsaturated/α-hetero) is 2. The van der Waals surface area contributed by atoms with Gasteiger partial charge in [0.25, 0.3) is 0 Å². The highest BCUT2D eigenvalue weighted by molar-refractivity contribution is 6.14. The van der Waals surface area contributed by atoms with Crippen LogP contribution in [0.1, 0.15) is 139 Å². The minimum Gasteiger partial charge on any atom is -0.506 e. The molecule has 62 heavy (non-hydrogen) atoms. The van der Waals surface area contributed by atoms with Gasteiger partial charge < -0.3 is 38.4 Å². The highest BCUT2D eigenvalue weighted by Crippen LogP contribution is 2.48. The third-order valence-corrected chi connectivity index (χ3v) is 10.8. The summed E-state index contributed by atoms with van der Waals surface area (Å²) < 4.78 is 27.4. The number of aryl methyl sites for hydroxylation is 2. The Balaban J connectivity index is 0.000000241. The Morgan fingerprint density at radius 3 is 1.42 bits per heavy atom. The molecule has 0 bridgehead atoms. The van der Waals surface area contributed by atoms with Crippen LogP contribution in [-0.2, 0) is 22.4 Å². The van der Waals surface area contributed by atoms with Gasteiger partial charge in [-0.2, -0.15) is 0 Å². The van der Waals surface area contributed by atoms with Crippen molar-refractivity contribution in [3.63, 3.8) is 0 Å². The molecule has 6 rings (SSSR count). The van der Waals surface area contributed by atoms with E-state index in [1.807, 2.05) is 68.4 Å². The van der Waals surface area contributed by atoms with E-state index in [-0.39, 0.29) is 57.4 Å². The van der Waals surface area contributed by atoms with Crippen molar-refractivity contribution in [2.24, 2.45) is 17.8 Å². The van der Waals surface area contributed by atoms with Crippen LogP contribution < -0.4 is 20.7 Å². The number of carbonyl (C=O) groups excluding carboxylic acids is 3. The van der Waals surface area contributed by atoms with Crippen LogP contribution >= 0.6 is 0 Å². The SMILES string of the molecule is C=COC(C)=O.CCCc1cc(=O)oc2c(C(=O)[C@@H](C)C(C)C)c(O)c3c(c12)OC(C)(C)C=C3.CCCc1cc(=O)oc2c(C(=O)[C@H](C)[C@H](C)O)c(O)c3c(c12)OC(C)(C)C=C3. The van der Waals surface area contributed by atoms with Gasteiger partial charge in [-0.1, -0.05) is 61.0 Å². The van der Waals surface area contributed by atoms with E-state index < -0.39 is 40.3 Å². The largest absolute Gasteiger partial charge is 0.506 e. The number of rotatable bonds is 11. The standard InChI is InChI=1S/C23H28O5.C22H26O6.C4H6O2/c1-7-8-14-11-16(24)27-22-17(14)21-15(9-10-23(5,6)28-21)20(26)18(22)19(25)13(4)12(2)3;1-6-7-13-10-15(24)27-21-16(13)20-14(8-9-22(4,5)28-20)19(26)17(21)18(25)11(2)12(3)23;1-3-6-4(2)5/h9-13,26H,7-8H2,1-6H3;8-12,23,26H,6-7H2,1-5H3;3H,1H2,2H3/t13-;11-,12+;/m01./s1. The summed E-state index contributed by atoms with van der Waals surface area (Å²) in [7, 11) is 0. The van der Waals surface area contributed by atoms with Crippen LogP contribution in [0, 0.1) is 17.8 Å². The summed E-state index contributed by atoms with van der Waals surface area (Å²) >= 11 is 0. The van der Waals surface area contributed by atoms with Gasteiger partial charge in [0, 0.05) is 30.9 Å². The van der Waals surface area contributed by atoms with E-state index in [1.54, 1.807) is 25.2 Å². The number of hydrogen-bond donors (Lipinski definition) is 3. The first-order valence-electron chi connectivity index (χ1n) is 20.9. The molecule has 0 saturated heterocycles. The molecule has 0 saturated carbocycles. The van der Waals surface area contributed by atoms with Crippen LogP contribution in [0.15, 0.2) is 55.5 Å². The maximum Gasteiger partial charge on any atom is 0.336 e. The minimum atomic E-state index is -0.922. The maximum absolute atomic E-state index is 13.2. The van der Waals surface area contributed by atoms with Gasteiger partial charge in [-0.05, 0) is 88.8 Å². The van der Waals surface area contributed by atoms with Crippen LogP contribution in [-0.4, -0.2) is 50.2 Å². The van der Waals surface area contributed by atoms with Gasteiger partial charge in [0.2, 0.25) is 0 Å². The summed E-state index contributed by atoms with van der Waals surface area (Å²) in [6.45, 7) is 24.9. The second-order valence-corrected chi connectivity index (χ2v) is 17.2. The molecule has 0 fully saturated rings. The number of carbonyl (C=O) groups is 3. The topological polar surface area (TPSA) is 200 Å². The zero-order chi connectivity index (χ0) is 46.6. The lowest BCUT2D eigenvalue weighted by atomic mass is 9.86. The lowest BCUT2D eigenvalue weighted by Crippen LogP contribution is -2.29. The molecule has 0 radical (unpaired) electrons. The number of fused-ring (bicyclic) bond motifs is 6. The molecular formula is C49H60O13. The third-order valence-electron chi connectivity index (χ3n) is 10.8. The van der Waals surface area contributed by atoms with Gasteiger partial charge in [0.05, 0.1) is 34.3 Å². The Kier molecular flexibility index (Phi) is 15.2. The molecule has 0 unspecified atom stereocenters. The Hall–Kier alpha value is -5.95. The average molecular weight is 857 g/mol. The summed E-state index contributed by atoms with van der Waals surface area (Å²) in [5.74, 6) is -1.74. The molecule has 3 N–H and O–H groups in total. The number of phenolic OH excluding ortho intramolecular Hbond substituents is 2. The predicted octanol–water partition coefficient (Wildman–Crippen LogP) is 9.64. The highest BCUT2D eigenvalue weighted by Gasteiger charge is 2.36. The van der Waals surface area contributed by atoms with Gasteiger partial charge in [-0.25, -0.2) is 9.59 Å². The zero-order valence-electron chi connectivity index (χ0n) is 37.8. The van der Waals surface area contributed by atoms with Crippen molar-refractivity contribution in [2.45, 2.75) is 126 Å². The molecule has 2 aliphatic heterocycles. The fourth-order valence-corrected chi connectivity index (χ4v) is 7.07. The smallest absolute Gasteiger partial charge is 0.336 e.